The Morgan fingerprint density at radius 1 is 1.18 bits per heavy atom. The molecule has 0 aromatic heterocycles. The number of nitrogens with one attached hydrogen (secondary N) is 1. The highest BCUT2D eigenvalue weighted by atomic mass is 16.3. The van der Waals surface area contributed by atoms with Crippen molar-refractivity contribution in [1.82, 2.24) is 5.32 Å². The Labute approximate surface area is 104 Å². The van der Waals surface area contributed by atoms with Gasteiger partial charge in [0.05, 0.1) is 6.10 Å². The van der Waals surface area contributed by atoms with E-state index in [0.29, 0.717) is 13.1 Å². The largest absolute Gasteiger partial charge is 0.390 e. The lowest BCUT2D eigenvalue weighted by molar-refractivity contribution is 0.180. The monoisotopic (exact) mass is 236 g/mol. The van der Waals surface area contributed by atoms with Crippen LogP contribution in [0.4, 0.5) is 0 Å². The van der Waals surface area contributed by atoms with Crippen LogP contribution in [0.1, 0.15) is 24.5 Å². The van der Waals surface area contributed by atoms with Crippen molar-refractivity contribution in [3.63, 3.8) is 0 Å². The van der Waals surface area contributed by atoms with Gasteiger partial charge in [-0.1, -0.05) is 37.6 Å². The molecule has 0 saturated heterocycles. The number of aryl methyl sites for hydroxylation is 1. The minimum absolute atomic E-state index is 0.318. The van der Waals surface area contributed by atoms with Gasteiger partial charge in [0.25, 0.3) is 0 Å². The number of rotatable bonds is 8. The van der Waals surface area contributed by atoms with Crippen molar-refractivity contribution in [3.05, 3.63) is 35.4 Å². The molecule has 1 aromatic carbocycles. The fourth-order valence-electron chi connectivity index (χ4n) is 1.75. The zero-order chi connectivity index (χ0) is 12.5. The fraction of sp³-hybridized carbons (Fsp3) is 0.571. The van der Waals surface area contributed by atoms with E-state index in [1.165, 1.54) is 17.5 Å². The zero-order valence-electron chi connectivity index (χ0n) is 10.7. The highest BCUT2D eigenvalue weighted by molar-refractivity contribution is 5.22. The summed E-state index contributed by atoms with van der Waals surface area (Å²) in [5.41, 5.74) is 8.06. The summed E-state index contributed by atoms with van der Waals surface area (Å²) in [5, 5.41) is 12.5. The molecule has 0 heterocycles. The molecule has 3 heteroatoms. The second-order valence-corrected chi connectivity index (χ2v) is 4.41. The van der Waals surface area contributed by atoms with Crippen LogP contribution >= 0.6 is 0 Å². The maximum atomic E-state index is 9.26. The van der Waals surface area contributed by atoms with Gasteiger partial charge < -0.3 is 16.2 Å². The third-order valence-electron chi connectivity index (χ3n) is 2.80. The first-order chi connectivity index (χ1) is 8.26. The van der Waals surface area contributed by atoms with Gasteiger partial charge in [-0.2, -0.15) is 0 Å². The highest BCUT2D eigenvalue weighted by Gasteiger charge is 1.99. The SMILES string of the molecule is CCCc1ccc(CCNCC(O)CN)cc1. The first kappa shape index (κ1) is 14.2. The Morgan fingerprint density at radius 3 is 2.29 bits per heavy atom. The lowest BCUT2D eigenvalue weighted by Gasteiger charge is -2.09. The Bertz CT molecular complexity index is 298. The molecule has 0 aliphatic rings. The van der Waals surface area contributed by atoms with Crippen LogP contribution < -0.4 is 11.1 Å². The van der Waals surface area contributed by atoms with E-state index < -0.39 is 6.10 Å². The van der Waals surface area contributed by atoms with Crippen LogP contribution in [0.5, 0.6) is 0 Å². The smallest absolute Gasteiger partial charge is 0.0786 e. The van der Waals surface area contributed by atoms with Crippen molar-refractivity contribution in [3.8, 4) is 0 Å². The van der Waals surface area contributed by atoms with E-state index in [9.17, 15) is 5.11 Å². The minimum Gasteiger partial charge on any atom is -0.390 e. The molecular weight excluding hydrogens is 212 g/mol. The molecule has 17 heavy (non-hydrogen) atoms. The number of nitrogens with two attached hydrogens (primary N) is 1. The van der Waals surface area contributed by atoms with E-state index in [0.717, 1.165) is 19.4 Å². The van der Waals surface area contributed by atoms with Crippen LogP contribution in [0, 0.1) is 0 Å². The van der Waals surface area contributed by atoms with E-state index in [-0.39, 0.29) is 0 Å². The minimum atomic E-state index is -0.429. The Kier molecular flexibility index (Phi) is 6.86. The molecule has 0 saturated carbocycles. The summed E-state index contributed by atoms with van der Waals surface area (Å²) in [7, 11) is 0. The van der Waals surface area contributed by atoms with Crippen LogP contribution in [-0.2, 0) is 12.8 Å². The van der Waals surface area contributed by atoms with Gasteiger partial charge >= 0.3 is 0 Å². The summed E-state index contributed by atoms with van der Waals surface area (Å²) in [4.78, 5) is 0. The molecule has 96 valence electrons. The number of aliphatic hydroxyl groups excluding tert-OH is 1. The average Bonchev–Trinajstić information content (AvgIpc) is 2.36. The second-order valence-electron chi connectivity index (χ2n) is 4.41. The van der Waals surface area contributed by atoms with Crippen molar-refractivity contribution in [2.24, 2.45) is 5.73 Å². The van der Waals surface area contributed by atoms with E-state index in [1.807, 2.05) is 0 Å². The van der Waals surface area contributed by atoms with Gasteiger partial charge in [-0.15, -0.1) is 0 Å². The first-order valence-corrected chi connectivity index (χ1v) is 6.43. The van der Waals surface area contributed by atoms with Crippen molar-refractivity contribution >= 4 is 0 Å². The third kappa shape index (κ3) is 5.82. The van der Waals surface area contributed by atoms with E-state index >= 15 is 0 Å². The summed E-state index contributed by atoms with van der Waals surface area (Å²) in [6, 6.07) is 8.78. The Balaban J connectivity index is 2.23. The summed E-state index contributed by atoms with van der Waals surface area (Å²) in [5.74, 6) is 0. The Hall–Kier alpha value is -0.900. The van der Waals surface area contributed by atoms with Gasteiger partial charge in [0.2, 0.25) is 0 Å². The molecule has 0 aliphatic carbocycles. The molecule has 1 unspecified atom stereocenters. The summed E-state index contributed by atoms with van der Waals surface area (Å²) in [6.07, 6.45) is 2.91. The molecule has 1 atom stereocenters. The number of hydrogen-bond acceptors (Lipinski definition) is 3. The summed E-state index contributed by atoms with van der Waals surface area (Å²) < 4.78 is 0. The van der Waals surface area contributed by atoms with E-state index in [2.05, 4.69) is 36.5 Å². The van der Waals surface area contributed by atoms with Gasteiger partial charge in [0.1, 0.15) is 0 Å². The quantitative estimate of drug-likeness (QED) is 0.592. The predicted octanol–water partition coefficient (Wildman–Crippen LogP) is 1.09. The summed E-state index contributed by atoms with van der Waals surface area (Å²) in [6.45, 7) is 3.97. The maximum absolute atomic E-state index is 9.26. The topological polar surface area (TPSA) is 58.3 Å². The normalized spacial score (nSPS) is 12.6. The Morgan fingerprint density at radius 2 is 1.76 bits per heavy atom. The molecule has 0 radical (unpaired) electrons. The molecule has 0 spiro atoms. The molecule has 3 nitrogen and oxygen atoms in total. The molecule has 1 aromatic rings. The van der Waals surface area contributed by atoms with Gasteiger partial charge in [0, 0.05) is 13.1 Å². The summed E-state index contributed by atoms with van der Waals surface area (Å²) >= 11 is 0. The molecular formula is C14H24N2O. The van der Waals surface area contributed by atoms with Gasteiger partial charge in [-0.25, -0.2) is 0 Å². The number of benzene rings is 1. The molecule has 1 rings (SSSR count). The fourth-order valence-corrected chi connectivity index (χ4v) is 1.75. The van der Waals surface area contributed by atoms with Crippen LogP contribution in [-0.4, -0.2) is 30.8 Å². The lowest BCUT2D eigenvalue weighted by Crippen LogP contribution is -2.33. The van der Waals surface area contributed by atoms with E-state index in [1.54, 1.807) is 0 Å². The second kappa shape index (κ2) is 8.23. The van der Waals surface area contributed by atoms with Crippen molar-refractivity contribution in [2.45, 2.75) is 32.3 Å². The van der Waals surface area contributed by atoms with Crippen molar-refractivity contribution < 1.29 is 5.11 Å². The van der Waals surface area contributed by atoms with Gasteiger partial charge in [0.15, 0.2) is 0 Å². The molecule has 4 N–H and O–H groups in total. The van der Waals surface area contributed by atoms with Crippen LogP contribution in [0.15, 0.2) is 24.3 Å². The van der Waals surface area contributed by atoms with Crippen LogP contribution in [0.3, 0.4) is 0 Å². The van der Waals surface area contributed by atoms with Gasteiger partial charge in [-0.3, -0.25) is 0 Å². The lowest BCUT2D eigenvalue weighted by atomic mass is 10.1. The molecule has 0 amide bonds. The van der Waals surface area contributed by atoms with E-state index in [4.69, 9.17) is 5.73 Å². The maximum Gasteiger partial charge on any atom is 0.0786 e. The first-order valence-electron chi connectivity index (χ1n) is 6.43. The van der Waals surface area contributed by atoms with Crippen LogP contribution in [0.2, 0.25) is 0 Å². The van der Waals surface area contributed by atoms with Crippen LogP contribution in [0.25, 0.3) is 0 Å². The van der Waals surface area contributed by atoms with Gasteiger partial charge in [-0.05, 0) is 30.5 Å². The van der Waals surface area contributed by atoms with Crippen molar-refractivity contribution in [2.75, 3.05) is 19.6 Å². The predicted molar refractivity (Wildman–Crippen MR) is 72.1 cm³/mol. The molecule has 0 aliphatic heterocycles. The third-order valence-corrected chi connectivity index (χ3v) is 2.80. The zero-order valence-corrected chi connectivity index (χ0v) is 10.7. The number of hydrogen-bond donors (Lipinski definition) is 3. The number of aliphatic hydroxyl groups is 1. The standard InChI is InChI=1S/C14H24N2O/c1-2-3-12-4-6-13(7-5-12)8-9-16-11-14(17)10-15/h4-7,14,16-17H,2-3,8-11,15H2,1H3. The van der Waals surface area contributed by atoms with Crippen molar-refractivity contribution in [1.29, 1.82) is 0 Å². The average molecular weight is 236 g/mol. The molecule has 0 fully saturated rings. The molecule has 0 bridgehead atoms. The highest BCUT2D eigenvalue weighted by Crippen LogP contribution is 2.06.